The summed E-state index contributed by atoms with van der Waals surface area (Å²) in [6.07, 6.45) is 2.61. The number of imide groups is 1. The Bertz CT molecular complexity index is 715. The molecule has 0 radical (unpaired) electrons. The maximum absolute atomic E-state index is 12.7. The summed E-state index contributed by atoms with van der Waals surface area (Å²) in [5, 5.41) is 2.36. The van der Waals surface area contributed by atoms with Crippen molar-refractivity contribution < 1.29 is 19.1 Å². The van der Waals surface area contributed by atoms with Crippen molar-refractivity contribution in [3.05, 3.63) is 29.3 Å². The number of carbonyl (C=O) groups excluding carboxylic acids is 3. The molecule has 4 rings (SSSR count). The van der Waals surface area contributed by atoms with E-state index in [1.807, 2.05) is 12.1 Å². The molecule has 0 aliphatic carbocycles. The van der Waals surface area contributed by atoms with Gasteiger partial charge >= 0.3 is 0 Å². The topological polar surface area (TPSA) is 75.7 Å². The van der Waals surface area contributed by atoms with E-state index in [1.54, 1.807) is 11.0 Å². The van der Waals surface area contributed by atoms with Gasteiger partial charge in [0.05, 0.1) is 12.0 Å². The van der Waals surface area contributed by atoms with Crippen LogP contribution in [-0.2, 0) is 16.0 Å². The quantitative estimate of drug-likeness (QED) is 0.781. The number of carbonyl (C=O) groups is 3. The Morgan fingerprint density at radius 2 is 2.17 bits per heavy atom. The van der Waals surface area contributed by atoms with Gasteiger partial charge in [0.2, 0.25) is 11.8 Å². The number of ether oxygens (including phenoxy) is 1. The lowest BCUT2D eigenvalue weighted by molar-refractivity contribution is -0.128. The van der Waals surface area contributed by atoms with Crippen LogP contribution in [0.4, 0.5) is 0 Å². The highest BCUT2D eigenvalue weighted by Gasteiger charge is 2.51. The largest absolute Gasteiger partial charge is 0.493 e. The number of hydrogen-bond donors (Lipinski definition) is 1. The molecule has 0 bridgehead atoms. The van der Waals surface area contributed by atoms with Gasteiger partial charge in [0, 0.05) is 25.1 Å². The zero-order chi connectivity index (χ0) is 16.0. The first-order chi connectivity index (χ1) is 11.1. The molecular formula is C17H18N2O4. The van der Waals surface area contributed by atoms with E-state index in [4.69, 9.17) is 4.74 Å². The van der Waals surface area contributed by atoms with Crippen LogP contribution in [0.15, 0.2) is 18.2 Å². The SMILES string of the molecule is O=C1C[C@]2(CCN(C(=O)c3ccc4c(c3)CCCO4)C2)C(=O)N1. The minimum absolute atomic E-state index is 0.0811. The zero-order valence-electron chi connectivity index (χ0n) is 12.8. The van der Waals surface area contributed by atoms with Gasteiger partial charge in [0.15, 0.2) is 0 Å². The Kier molecular flexibility index (Phi) is 3.14. The third kappa shape index (κ3) is 2.29. The number of aryl methyl sites for hydroxylation is 1. The molecule has 1 N–H and O–H groups in total. The number of nitrogens with one attached hydrogen (secondary N) is 1. The molecule has 3 aliphatic heterocycles. The molecule has 6 heteroatoms. The monoisotopic (exact) mass is 314 g/mol. The number of likely N-dealkylation sites (tertiary alicyclic amines) is 1. The maximum Gasteiger partial charge on any atom is 0.253 e. The molecule has 1 atom stereocenters. The highest BCUT2D eigenvalue weighted by molar-refractivity contribution is 6.06. The van der Waals surface area contributed by atoms with Crippen molar-refractivity contribution in [2.24, 2.45) is 5.41 Å². The Morgan fingerprint density at radius 3 is 2.96 bits per heavy atom. The van der Waals surface area contributed by atoms with Crippen molar-refractivity contribution in [3.63, 3.8) is 0 Å². The zero-order valence-corrected chi connectivity index (χ0v) is 12.8. The second kappa shape index (κ2) is 5.08. The van der Waals surface area contributed by atoms with E-state index < -0.39 is 5.41 Å². The van der Waals surface area contributed by atoms with Crippen LogP contribution in [-0.4, -0.2) is 42.3 Å². The molecule has 1 aromatic carbocycles. The molecule has 0 unspecified atom stereocenters. The second-order valence-electron chi connectivity index (χ2n) is 6.59. The first kappa shape index (κ1) is 14.2. The van der Waals surface area contributed by atoms with Gasteiger partial charge < -0.3 is 9.64 Å². The Balaban J connectivity index is 1.54. The van der Waals surface area contributed by atoms with Crippen molar-refractivity contribution in [2.45, 2.75) is 25.7 Å². The molecule has 120 valence electrons. The summed E-state index contributed by atoms with van der Waals surface area (Å²) in [5.41, 5.74) is 0.963. The van der Waals surface area contributed by atoms with Gasteiger partial charge in [-0.15, -0.1) is 0 Å². The maximum atomic E-state index is 12.7. The molecule has 2 fully saturated rings. The van der Waals surface area contributed by atoms with E-state index in [9.17, 15) is 14.4 Å². The molecule has 2 saturated heterocycles. The minimum atomic E-state index is -0.718. The fraction of sp³-hybridized carbons (Fsp3) is 0.471. The number of hydrogen-bond acceptors (Lipinski definition) is 4. The highest BCUT2D eigenvalue weighted by atomic mass is 16.5. The summed E-state index contributed by atoms with van der Waals surface area (Å²) in [4.78, 5) is 37.9. The van der Waals surface area contributed by atoms with E-state index >= 15 is 0 Å². The number of amides is 3. The van der Waals surface area contributed by atoms with Gasteiger partial charge in [-0.05, 0) is 43.0 Å². The molecule has 0 aromatic heterocycles. The normalized spacial score (nSPS) is 26.2. The van der Waals surface area contributed by atoms with E-state index in [0.717, 1.165) is 30.8 Å². The Labute approximate surface area is 133 Å². The number of nitrogens with zero attached hydrogens (tertiary/aromatic N) is 1. The van der Waals surface area contributed by atoms with Gasteiger partial charge in [-0.1, -0.05) is 0 Å². The van der Waals surface area contributed by atoms with Crippen LogP contribution in [0.25, 0.3) is 0 Å². The third-order valence-electron chi connectivity index (χ3n) is 5.03. The lowest BCUT2D eigenvalue weighted by Crippen LogP contribution is -2.36. The smallest absolute Gasteiger partial charge is 0.253 e. The summed E-state index contributed by atoms with van der Waals surface area (Å²) in [6.45, 7) is 1.54. The fourth-order valence-electron chi connectivity index (χ4n) is 3.74. The van der Waals surface area contributed by atoms with E-state index in [-0.39, 0.29) is 24.1 Å². The minimum Gasteiger partial charge on any atom is -0.493 e. The summed E-state index contributed by atoms with van der Waals surface area (Å²) >= 11 is 0. The van der Waals surface area contributed by atoms with Crippen LogP contribution >= 0.6 is 0 Å². The molecule has 0 saturated carbocycles. The van der Waals surface area contributed by atoms with Gasteiger partial charge in [-0.3, -0.25) is 19.7 Å². The molecular weight excluding hydrogens is 296 g/mol. The van der Waals surface area contributed by atoms with E-state index in [2.05, 4.69) is 5.32 Å². The molecule has 3 amide bonds. The summed E-state index contributed by atoms with van der Waals surface area (Å²) in [6, 6.07) is 5.51. The molecule has 23 heavy (non-hydrogen) atoms. The first-order valence-corrected chi connectivity index (χ1v) is 7.97. The van der Waals surface area contributed by atoms with E-state index in [0.29, 0.717) is 25.1 Å². The number of rotatable bonds is 1. The van der Waals surface area contributed by atoms with Crippen LogP contribution in [0.1, 0.15) is 35.2 Å². The van der Waals surface area contributed by atoms with Gasteiger partial charge in [-0.25, -0.2) is 0 Å². The summed E-state index contributed by atoms with van der Waals surface area (Å²) < 4.78 is 5.57. The molecule has 3 aliphatic rings. The Hall–Kier alpha value is -2.37. The Morgan fingerprint density at radius 1 is 1.30 bits per heavy atom. The predicted octanol–water partition coefficient (Wildman–Crippen LogP) is 0.890. The van der Waals surface area contributed by atoms with Crippen LogP contribution < -0.4 is 10.1 Å². The van der Waals surface area contributed by atoms with Gasteiger partial charge in [0.1, 0.15) is 5.75 Å². The summed E-state index contributed by atoms with van der Waals surface area (Å²) in [7, 11) is 0. The van der Waals surface area contributed by atoms with Crippen LogP contribution in [0, 0.1) is 5.41 Å². The first-order valence-electron chi connectivity index (χ1n) is 7.97. The van der Waals surface area contributed by atoms with Crippen molar-refractivity contribution in [2.75, 3.05) is 19.7 Å². The van der Waals surface area contributed by atoms with Crippen LogP contribution in [0.3, 0.4) is 0 Å². The number of fused-ring (bicyclic) bond motifs is 1. The number of benzene rings is 1. The van der Waals surface area contributed by atoms with Crippen LogP contribution in [0.5, 0.6) is 5.75 Å². The van der Waals surface area contributed by atoms with Gasteiger partial charge in [-0.2, -0.15) is 0 Å². The standard InChI is InChI=1S/C17H18N2O4/c20-14-9-17(16(22)18-14)5-6-19(10-17)15(21)12-3-4-13-11(8-12)2-1-7-23-13/h3-4,8H,1-2,5-7,9-10H2,(H,18,20,22)/t17-/m0/s1. The molecule has 1 spiro atoms. The van der Waals surface area contributed by atoms with Gasteiger partial charge in [0.25, 0.3) is 5.91 Å². The van der Waals surface area contributed by atoms with E-state index in [1.165, 1.54) is 0 Å². The summed E-state index contributed by atoms with van der Waals surface area (Å²) in [5.74, 6) is 0.292. The second-order valence-corrected chi connectivity index (χ2v) is 6.59. The lowest BCUT2D eigenvalue weighted by atomic mass is 9.85. The molecule has 3 heterocycles. The molecule has 1 aromatic rings. The third-order valence-corrected chi connectivity index (χ3v) is 5.03. The van der Waals surface area contributed by atoms with Crippen molar-refractivity contribution in [1.29, 1.82) is 0 Å². The lowest BCUT2D eigenvalue weighted by Gasteiger charge is -2.22. The predicted molar refractivity (Wildman–Crippen MR) is 81.0 cm³/mol. The van der Waals surface area contributed by atoms with Crippen molar-refractivity contribution in [3.8, 4) is 5.75 Å². The average Bonchev–Trinajstić information content (AvgIpc) is 3.10. The fourth-order valence-corrected chi connectivity index (χ4v) is 3.74. The molecule has 6 nitrogen and oxygen atoms in total. The van der Waals surface area contributed by atoms with Crippen molar-refractivity contribution >= 4 is 17.7 Å². The van der Waals surface area contributed by atoms with Crippen LogP contribution in [0.2, 0.25) is 0 Å². The highest BCUT2D eigenvalue weighted by Crippen LogP contribution is 2.38. The van der Waals surface area contributed by atoms with Crippen molar-refractivity contribution in [1.82, 2.24) is 10.2 Å². The average molecular weight is 314 g/mol.